The number of anilines is 1. The van der Waals surface area contributed by atoms with E-state index in [-0.39, 0.29) is 24.2 Å². The number of rotatable bonds is 6. The van der Waals surface area contributed by atoms with Crippen molar-refractivity contribution in [2.45, 2.75) is 26.8 Å². The van der Waals surface area contributed by atoms with Gasteiger partial charge in [0.25, 0.3) is 6.01 Å². The zero-order chi connectivity index (χ0) is 14.4. The van der Waals surface area contributed by atoms with Crippen LogP contribution in [0.1, 0.15) is 31.3 Å². The molecule has 0 aromatic carbocycles. The standard InChI is InChI=1S/C12H18N2O5/c1-5-18-10(15)8-6-19-12(13-8)14-9(7(2)3)11(16)17-4/h6-7,9H,5H2,1-4H3,(H,13,14). The summed E-state index contributed by atoms with van der Waals surface area (Å²) in [6.07, 6.45) is 1.18. The van der Waals surface area contributed by atoms with Gasteiger partial charge in [-0.2, -0.15) is 4.98 Å². The number of carbonyl (C=O) groups excluding carboxylic acids is 2. The van der Waals surface area contributed by atoms with Crippen LogP contribution in [0.15, 0.2) is 10.7 Å². The molecule has 0 radical (unpaired) electrons. The zero-order valence-corrected chi connectivity index (χ0v) is 11.4. The van der Waals surface area contributed by atoms with Crippen LogP contribution in [0.25, 0.3) is 0 Å². The van der Waals surface area contributed by atoms with Gasteiger partial charge in [0.15, 0.2) is 5.69 Å². The van der Waals surface area contributed by atoms with Crippen molar-refractivity contribution in [1.82, 2.24) is 4.98 Å². The molecule has 0 saturated carbocycles. The summed E-state index contributed by atoms with van der Waals surface area (Å²) >= 11 is 0. The van der Waals surface area contributed by atoms with E-state index in [0.29, 0.717) is 0 Å². The van der Waals surface area contributed by atoms with E-state index in [1.807, 2.05) is 13.8 Å². The van der Waals surface area contributed by atoms with Crippen molar-refractivity contribution in [2.24, 2.45) is 5.92 Å². The number of oxazole rings is 1. The van der Waals surface area contributed by atoms with Crippen LogP contribution in [-0.2, 0) is 14.3 Å². The molecule has 7 heteroatoms. The summed E-state index contributed by atoms with van der Waals surface area (Å²) in [6, 6.07) is -0.522. The molecule has 0 bridgehead atoms. The van der Waals surface area contributed by atoms with Gasteiger partial charge in [-0.15, -0.1) is 0 Å². The van der Waals surface area contributed by atoms with Crippen molar-refractivity contribution in [1.29, 1.82) is 0 Å². The molecule has 106 valence electrons. The maximum atomic E-state index is 11.6. The lowest BCUT2D eigenvalue weighted by Crippen LogP contribution is -2.35. The summed E-state index contributed by atoms with van der Waals surface area (Å²) in [5, 5.41) is 2.79. The van der Waals surface area contributed by atoms with Gasteiger partial charge in [-0.1, -0.05) is 13.8 Å². The second kappa shape index (κ2) is 6.77. The minimum Gasteiger partial charge on any atom is -0.467 e. The molecule has 1 atom stereocenters. The maximum absolute atomic E-state index is 11.6. The Bertz CT molecular complexity index is 441. The highest BCUT2D eigenvalue weighted by Gasteiger charge is 2.25. The lowest BCUT2D eigenvalue weighted by atomic mass is 10.1. The minimum absolute atomic E-state index is 0.0228. The second-order valence-electron chi connectivity index (χ2n) is 4.15. The number of esters is 2. The first-order valence-electron chi connectivity index (χ1n) is 5.96. The molecule has 7 nitrogen and oxygen atoms in total. The molecule has 0 fully saturated rings. The molecular weight excluding hydrogens is 252 g/mol. The van der Waals surface area contributed by atoms with Crippen LogP contribution in [0.4, 0.5) is 6.01 Å². The predicted octanol–water partition coefficient (Wildman–Crippen LogP) is 1.46. The van der Waals surface area contributed by atoms with Crippen LogP contribution in [0.2, 0.25) is 0 Å². The third kappa shape index (κ3) is 3.97. The van der Waals surface area contributed by atoms with Gasteiger partial charge < -0.3 is 19.2 Å². The van der Waals surface area contributed by atoms with Gasteiger partial charge in [0.2, 0.25) is 0 Å². The van der Waals surface area contributed by atoms with Crippen LogP contribution in [0.5, 0.6) is 0 Å². The Morgan fingerprint density at radius 2 is 2.16 bits per heavy atom. The van der Waals surface area contributed by atoms with Gasteiger partial charge in [-0.05, 0) is 12.8 Å². The van der Waals surface area contributed by atoms with Crippen molar-refractivity contribution in [2.75, 3.05) is 19.0 Å². The zero-order valence-electron chi connectivity index (χ0n) is 11.4. The average Bonchev–Trinajstić information content (AvgIpc) is 2.83. The van der Waals surface area contributed by atoms with Crippen molar-refractivity contribution in [3.8, 4) is 0 Å². The lowest BCUT2D eigenvalue weighted by Gasteiger charge is -2.18. The molecular formula is C12H18N2O5. The summed E-state index contributed by atoms with van der Waals surface area (Å²) in [7, 11) is 1.30. The van der Waals surface area contributed by atoms with Gasteiger partial charge in [0.1, 0.15) is 12.3 Å². The molecule has 1 aromatic rings. The number of ether oxygens (including phenoxy) is 2. The molecule has 19 heavy (non-hydrogen) atoms. The predicted molar refractivity (Wildman–Crippen MR) is 66.7 cm³/mol. The first-order chi connectivity index (χ1) is 8.99. The Morgan fingerprint density at radius 3 is 2.68 bits per heavy atom. The fraction of sp³-hybridized carbons (Fsp3) is 0.583. The smallest absolute Gasteiger partial charge is 0.360 e. The van der Waals surface area contributed by atoms with E-state index >= 15 is 0 Å². The van der Waals surface area contributed by atoms with Crippen LogP contribution in [-0.4, -0.2) is 36.7 Å². The second-order valence-corrected chi connectivity index (χ2v) is 4.15. The van der Waals surface area contributed by atoms with Crippen molar-refractivity contribution < 1.29 is 23.5 Å². The van der Waals surface area contributed by atoms with Crippen LogP contribution in [0.3, 0.4) is 0 Å². The number of hydrogen-bond donors (Lipinski definition) is 1. The van der Waals surface area contributed by atoms with E-state index < -0.39 is 18.0 Å². The Balaban J connectivity index is 2.76. The molecule has 1 heterocycles. The summed E-state index contributed by atoms with van der Waals surface area (Å²) in [6.45, 7) is 5.65. The molecule has 0 aliphatic carbocycles. The Labute approximate surface area is 111 Å². The fourth-order valence-corrected chi connectivity index (χ4v) is 1.40. The van der Waals surface area contributed by atoms with Crippen molar-refractivity contribution in [3.05, 3.63) is 12.0 Å². The Hall–Kier alpha value is -2.05. The molecule has 1 rings (SSSR count). The summed E-state index contributed by atoms with van der Waals surface area (Å²) in [5.41, 5.74) is 0.0525. The van der Waals surface area contributed by atoms with Crippen molar-refractivity contribution >= 4 is 18.0 Å². The Morgan fingerprint density at radius 1 is 1.47 bits per heavy atom. The molecule has 1 unspecified atom stereocenters. The van der Waals surface area contributed by atoms with E-state index in [4.69, 9.17) is 9.15 Å². The highest BCUT2D eigenvalue weighted by atomic mass is 16.5. The topological polar surface area (TPSA) is 90.7 Å². The third-order valence-corrected chi connectivity index (χ3v) is 2.39. The van der Waals surface area contributed by atoms with E-state index in [1.165, 1.54) is 13.4 Å². The van der Waals surface area contributed by atoms with E-state index in [1.54, 1.807) is 6.92 Å². The number of nitrogens with one attached hydrogen (secondary N) is 1. The lowest BCUT2D eigenvalue weighted by molar-refractivity contribution is -0.142. The number of aromatic nitrogens is 1. The fourth-order valence-electron chi connectivity index (χ4n) is 1.40. The average molecular weight is 270 g/mol. The quantitative estimate of drug-likeness (QED) is 0.782. The molecule has 0 aliphatic rings. The molecule has 0 amide bonds. The highest BCUT2D eigenvalue weighted by molar-refractivity contribution is 5.87. The maximum Gasteiger partial charge on any atom is 0.360 e. The number of methoxy groups -OCH3 is 1. The van der Waals surface area contributed by atoms with Gasteiger partial charge in [0, 0.05) is 0 Å². The van der Waals surface area contributed by atoms with Crippen LogP contribution >= 0.6 is 0 Å². The third-order valence-electron chi connectivity index (χ3n) is 2.39. The first-order valence-corrected chi connectivity index (χ1v) is 5.96. The van der Waals surface area contributed by atoms with E-state index in [9.17, 15) is 9.59 Å². The highest BCUT2D eigenvalue weighted by Crippen LogP contribution is 2.14. The first kappa shape index (κ1) is 15.0. The number of carbonyl (C=O) groups is 2. The number of nitrogens with zero attached hydrogens (tertiary/aromatic N) is 1. The van der Waals surface area contributed by atoms with Gasteiger partial charge in [-0.25, -0.2) is 9.59 Å². The van der Waals surface area contributed by atoms with Gasteiger partial charge >= 0.3 is 11.9 Å². The minimum atomic E-state index is -0.598. The van der Waals surface area contributed by atoms with Gasteiger partial charge in [-0.3, -0.25) is 0 Å². The van der Waals surface area contributed by atoms with Crippen LogP contribution < -0.4 is 5.32 Å². The normalized spacial score (nSPS) is 12.1. The molecule has 1 N–H and O–H groups in total. The largest absolute Gasteiger partial charge is 0.467 e. The summed E-state index contributed by atoms with van der Waals surface area (Å²) in [5.74, 6) is -1.02. The van der Waals surface area contributed by atoms with E-state index in [0.717, 1.165) is 0 Å². The molecule has 0 spiro atoms. The summed E-state index contributed by atoms with van der Waals surface area (Å²) in [4.78, 5) is 26.9. The Kier molecular flexibility index (Phi) is 5.35. The SMILES string of the molecule is CCOC(=O)c1coc(NC(C(=O)OC)C(C)C)n1. The summed E-state index contributed by atoms with van der Waals surface area (Å²) < 4.78 is 14.5. The molecule has 0 saturated heterocycles. The van der Waals surface area contributed by atoms with E-state index in [2.05, 4.69) is 15.0 Å². The van der Waals surface area contributed by atoms with Crippen LogP contribution in [0, 0.1) is 5.92 Å². The van der Waals surface area contributed by atoms with Crippen molar-refractivity contribution in [3.63, 3.8) is 0 Å². The molecule has 1 aromatic heterocycles. The van der Waals surface area contributed by atoms with Gasteiger partial charge in [0.05, 0.1) is 13.7 Å². The number of hydrogen-bond acceptors (Lipinski definition) is 7. The monoisotopic (exact) mass is 270 g/mol. The molecule has 0 aliphatic heterocycles.